The van der Waals surface area contributed by atoms with Gasteiger partial charge in [-0.05, 0) is 68.8 Å². The van der Waals surface area contributed by atoms with E-state index in [0.29, 0.717) is 23.4 Å². The smallest absolute Gasteiger partial charge is 0.359 e. The van der Waals surface area contributed by atoms with E-state index in [1.165, 1.54) is 12.1 Å². The van der Waals surface area contributed by atoms with Gasteiger partial charge in [-0.25, -0.2) is 9.59 Å². The summed E-state index contributed by atoms with van der Waals surface area (Å²) in [5.74, 6) is -1.65. The number of ether oxygens (including phenoxy) is 2. The number of anilines is 2. The van der Waals surface area contributed by atoms with E-state index in [4.69, 9.17) is 9.47 Å². The molecule has 1 amide bonds. The predicted molar refractivity (Wildman–Crippen MR) is 133 cm³/mol. The van der Waals surface area contributed by atoms with Gasteiger partial charge in [0.2, 0.25) is 0 Å². The highest BCUT2D eigenvalue weighted by Crippen LogP contribution is 2.27. The van der Waals surface area contributed by atoms with Crippen LogP contribution in [0, 0.1) is 0 Å². The lowest BCUT2D eigenvalue weighted by Crippen LogP contribution is -2.26. The maximum atomic E-state index is 13.3. The van der Waals surface area contributed by atoms with E-state index in [1.807, 2.05) is 36.1 Å². The van der Waals surface area contributed by atoms with Gasteiger partial charge in [-0.15, -0.1) is 0 Å². The molecule has 2 aromatic rings. The molecule has 184 valence electrons. The summed E-state index contributed by atoms with van der Waals surface area (Å²) in [4.78, 5) is 39.8. The van der Waals surface area contributed by atoms with Crippen molar-refractivity contribution in [2.24, 2.45) is 5.10 Å². The number of rotatable bonds is 10. The SMILES string of the molecule is CCOC(=O)C1=NN(c2ccc(C(=O)OCC)cc2)C(=O)/C1=C\c1ccc(N(CC)CCO)cc1. The number of esters is 2. The molecule has 3 rings (SSSR count). The van der Waals surface area contributed by atoms with Crippen molar-refractivity contribution in [3.8, 4) is 0 Å². The summed E-state index contributed by atoms with van der Waals surface area (Å²) >= 11 is 0. The first-order valence-corrected chi connectivity index (χ1v) is 11.5. The van der Waals surface area contributed by atoms with Crippen molar-refractivity contribution in [3.63, 3.8) is 0 Å². The van der Waals surface area contributed by atoms with E-state index < -0.39 is 17.8 Å². The summed E-state index contributed by atoms with van der Waals surface area (Å²) in [6.45, 7) is 7.09. The van der Waals surface area contributed by atoms with Crippen LogP contribution in [0.3, 0.4) is 0 Å². The Kier molecular flexibility index (Phi) is 8.74. The Labute approximate surface area is 204 Å². The number of carbonyl (C=O) groups excluding carboxylic acids is 3. The number of hydrazone groups is 1. The van der Waals surface area contributed by atoms with Gasteiger partial charge in [-0.3, -0.25) is 4.79 Å². The first-order chi connectivity index (χ1) is 16.9. The molecule has 0 bridgehead atoms. The van der Waals surface area contributed by atoms with Gasteiger partial charge in [0, 0.05) is 18.8 Å². The third-order valence-electron chi connectivity index (χ3n) is 5.29. The van der Waals surface area contributed by atoms with E-state index in [2.05, 4.69) is 5.10 Å². The number of benzene rings is 2. The minimum absolute atomic E-state index is 0.0457. The fourth-order valence-electron chi connectivity index (χ4n) is 3.56. The molecular weight excluding hydrogens is 450 g/mol. The predicted octanol–water partition coefficient (Wildman–Crippen LogP) is 3.03. The number of likely N-dealkylation sites (N-methyl/N-ethyl adjacent to an activating group) is 1. The summed E-state index contributed by atoms with van der Waals surface area (Å²) in [5, 5.41) is 14.6. The van der Waals surface area contributed by atoms with Crippen molar-refractivity contribution in [3.05, 3.63) is 65.2 Å². The molecule has 0 aliphatic carbocycles. The van der Waals surface area contributed by atoms with Crippen LogP contribution in [0.2, 0.25) is 0 Å². The van der Waals surface area contributed by atoms with Crippen LogP contribution in [0.1, 0.15) is 36.7 Å². The highest BCUT2D eigenvalue weighted by atomic mass is 16.5. The lowest BCUT2D eigenvalue weighted by Gasteiger charge is -2.22. The topological polar surface area (TPSA) is 109 Å². The van der Waals surface area contributed by atoms with Gasteiger partial charge in [0.05, 0.1) is 36.6 Å². The van der Waals surface area contributed by atoms with E-state index in [9.17, 15) is 19.5 Å². The zero-order valence-corrected chi connectivity index (χ0v) is 20.1. The fourth-order valence-corrected chi connectivity index (χ4v) is 3.56. The Hall–Kier alpha value is -3.98. The minimum atomic E-state index is -0.700. The number of hydrogen-bond acceptors (Lipinski definition) is 8. The standard InChI is InChI=1S/C26H29N3O6/c1-4-28(15-16-30)20-11-7-18(8-12-20)17-22-23(26(33)35-6-3)27-29(24(22)31)21-13-9-19(10-14-21)25(32)34-5-2/h7-14,17,30H,4-6,15-16H2,1-3H3/b22-17-. The maximum Gasteiger partial charge on any atom is 0.359 e. The largest absolute Gasteiger partial charge is 0.462 e. The average molecular weight is 480 g/mol. The molecule has 2 aromatic carbocycles. The second-order valence-electron chi connectivity index (χ2n) is 7.51. The second kappa shape index (κ2) is 11.9. The van der Waals surface area contributed by atoms with Crippen LogP contribution >= 0.6 is 0 Å². The van der Waals surface area contributed by atoms with Crippen molar-refractivity contribution in [2.75, 3.05) is 42.8 Å². The normalized spacial score (nSPS) is 14.2. The molecule has 0 atom stereocenters. The van der Waals surface area contributed by atoms with Crippen LogP contribution in [-0.4, -0.2) is 61.6 Å². The van der Waals surface area contributed by atoms with Gasteiger partial charge in [-0.2, -0.15) is 10.1 Å². The first kappa shape index (κ1) is 25.6. The monoisotopic (exact) mass is 479 g/mol. The average Bonchev–Trinajstić information content (AvgIpc) is 3.19. The molecule has 1 aliphatic rings. The van der Waals surface area contributed by atoms with Crippen LogP contribution in [0.4, 0.5) is 11.4 Å². The molecule has 35 heavy (non-hydrogen) atoms. The fraction of sp³-hybridized carbons (Fsp3) is 0.308. The molecule has 9 nitrogen and oxygen atoms in total. The number of aliphatic hydroxyl groups is 1. The molecule has 0 fully saturated rings. The third-order valence-corrected chi connectivity index (χ3v) is 5.29. The van der Waals surface area contributed by atoms with Crippen LogP contribution < -0.4 is 9.91 Å². The Bertz CT molecular complexity index is 1120. The van der Waals surface area contributed by atoms with Crippen molar-refractivity contribution in [1.29, 1.82) is 0 Å². The van der Waals surface area contributed by atoms with Crippen LogP contribution in [0.5, 0.6) is 0 Å². The van der Waals surface area contributed by atoms with E-state index in [1.54, 1.807) is 32.1 Å². The van der Waals surface area contributed by atoms with Crippen molar-refractivity contribution >= 4 is 41.0 Å². The highest BCUT2D eigenvalue weighted by molar-refractivity contribution is 6.54. The highest BCUT2D eigenvalue weighted by Gasteiger charge is 2.36. The number of nitrogens with zero attached hydrogens (tertiary/aromatic N) is 3. The Morgan fingerprint density at radius 2 is 1.60 bits per heavy atom. The summed E-state index contributed by atoms with van der Waals surface area (Å²) < 4.78 is 10.1. The maximum absolute atomic E-state index is 13.3. The third kappa shape index (κ3) is 5.93. The minimum Gasteiger partial charge on any atom is -0.462 e. The van der Waals surface area contributed by atoms with Gasteiger partial charge in [0.25, 0.3) is 5.91 Å². The number of amides is 1. The second-order valence-corrected chi connectivity index (χ2v) is 7.51. The van der Waals surface area contributed by atoms with Gasteiger partial charge < -0.3 is 19.5 Å². The molecule has 9 heteroatoms. The van der Waals surface area contributed by atoms with E-state index >= 15 is 0 Å². The summed E-state index contributed by atoms with van der Waals surface area (Å²) in [6.07, 6.45) is 1.59. The van der Waals surface area contributed by atoms with Crippen molar-refractivity contribution in [1.82, 2.24) is 0 Å². The zero-order valence-electron chi connectivity index (χ0n) is 20.1. The molecule has 0 saturated carbocycles. The molecule has 0 radical (unpaired) electrons. The Morgan fingerprint density at radius 3 is 2.17 bits per heavy atom. The lowest BCUT2D eigenvalue weighted by atomic mass is 10.1. The first-order valence-electron chi connectivity index (χ1n) is 11.5. The van der Waals surface area contributed by atoms with Crippen LogP contribution in [-0.2, 0) is 19.1 Å². The van der Waals surface area contributed by atoms with Gasteiger partial charge in [-0.1, -0.05) is 12.1 Å². The number of hydrogen-bond donors (Lipinski definition) is 1. The molecule has 0 unspecified atom stereocenters. The molecule has 0 aromatic heterocycles. The molecule has 1 heterocycles. The lowest BCUT2D eigenvalue weighted by molar-refractivity contribution is -0.135. The van der Waals surface area contributed by atoms with Gasteiger partial charge in [0.15, 0.2) is 5.71 Å². The van der Waals surface area contributed by atoms with Crippen molar-refractivity contribution < 1.29 is 29.0 Å². The molecule has 1 aliphatic heterocycles. The Morgan fingerprint density at radius 1 is 0.971 bits per heavy atom. The van der Waals surface area contributed by atoms with Crippen molar-refractivity contribution in [2.45, 2.75) is 20.8 Å². The van der Waals surface area contributed by atoms with Gasteiger partial charge >= 0.3 is 11.9 Å². The number of aliphatic hydroxyl groups excluding tert-OH is 1. The summed E-state index contributed by atoms with van der Waals surface area (Å²) in [5.41, 5.74) is 2.39. The van der Waals surface area contributed by atoms with Crippen LogP contribution in [0.25, 0.3) is 6.08 Å². The summed E-state index contributed by atoms with van der Waals surface area (Å²) in [6, 6.07) is 13.6. The van der Waals surface area contributed by atoms with Gasteiger partial charge in [0.1, 0.15) is 0 Å². The van der Waals surface area contributed by atoms with Crippen LogP contribution in [0.15, 0.2) is 59.2 Å². The van der Waals surface area contributed by atoms with E-state index in [-0.39, 0.29) is 31.1 Å². The quantitative estimate of drug-likeness (QED) is 0.412. The molecule has 0 saturated heterocycles. The molecular formula is C26H29N3O6. The van der Waals surface area contributed by atoms with E-state index in [0.717, 1.165) is 17.2 Å². The summed E-state index contributed by atoms with van der Waals surface area (Å²) in [7, 11) is 0. The molecule has 0 spiro atoms. The Balaban J connectivity index is 1.92. The number of carbonyl (C=O) groups is 3. The zero-order chi connectivity index (χ0) is 25.4. The molecule has 1 N–H and O–H groups in total.